The molecular weight excluding hydrogens is 336 g/mol. The maximum absolute atomic E-state index is 10.5. The zero-order valence-corrected chi connectivity index (χ0v) is 15.7. The Labute approximate surface area is 156 Å². The average molecular weight is 370 g/mol. The minimum absolute atomic E-state index is 0.0215. The van der Waals surface area contributed by atoms with E-state index >= 15 is 0 Å². The Hall–Kier alpha value is -1.21. The number of carbonyl (C=O) groups is 1. The minimum Gasteiger partial charge on any atom is -0.481 e. The zero-order chi connectivity index (χ0) is 19.4. The lowest BCUT2D eigenvalue weighted by Gasteiger charge is -2.16. The number of aliphatic hydroxyl groups is 3. The fourth-order valence-electron chi connectivity index (χ4n) is 2.96. The lowest BCUT2D eigenvalue weighted by Crippen LogP contribution is -2.25. The zero-order valence-electron chi connectivity index (χ0n) is 15.7. The Kier molecular flexibility index (Phi) is 11.4. The number of unbranched alkanes of at least 4 members (excludes halogenated alkanes) is 3. The van der Waals surface area contributed by atoms with E-state index in [2.05, 4.69) is 13.0 Å². The summed E-state index contributed by atoms with van der Waals surface area (Å²) in [6.07, 6.45) is 10.2. The van der Waals surface area contributed by atoms with Gasteiger partial charge in [-0.15, -0.1) is 0 Å². The third kappa shape index (κ3) is 9.48. The van der Waals surface area contributed by atoms with Gasteiger partial charge in [-0.3, -0.25) is 4.79 Å². The van der Waals surface area contributed by atoms with Crippen molar-refractivity contribution in [2.24, 2.45) is 0 Å². The van der Waals surface area contributed by atoms with Gasteiger partial charge in [0.2, 0.25) is 0 Å². The van der Waals surface area contributed by atoms with Crippen LogP contribution in [0.5, 0.6) is 0 Å². The minimum atomic E-state index is -0.882. The second kappa shape index (κ2) is 13.0. The summed E-state index contributed by atoms with van der Waals surface area (Å²) in [5.41, 5.74) is 0. The summed E-state index contributed by atoms with van der Waals surface area (Å²) >= 11 is 0. The van der Waals surface area contributed by atoms with Crippen LogP contribution in [-0.2, 0) is 9.53 Å². The quantitative estimate of drug-likeness (QED) is 0.293. The van der Waals surface area contributed by atoms with Gasteiger partial charge < -0.3 is 25.2 Å². The topological polar surface area (TPSA) is 107 Å². The van der Waals surface area contributed by atoms with Crippen molar-refractivity contribution in [1.29, 1.82) is 0 Å². The van der Waals surface area contributed by atoms with E-state index < -0.39 is 36.5 Å². The summed E-state index contributed by atoms with van der Waals surface area (Å²) in [5.74, 6) is -0.882. The highest BCUT2D eigenvalue weighted by Gasteiger charge is 2.35. The van der Waals surface area contributed by atoms with Crippen molar-refractivity contribution in [3.05, 3.63) is 24.3 Å². The molecule has 1 heterocycles. The first-order valence-corrected chi connectivity index (χ1v) is 9.68. The van der Waals surface area contributed by atoms with Crippen LogP contribution in [0.1, 0.15) is 64.7 Å². The van der Waals surface area contributed by atoms with Gasteiger partial charge >= 0.3 is 5.97 Å². The number of hydrogen-bond acceptors (Lipinski definition) is 5. The van der Waals surface area contributed by atoms with Crippen LogP contribution in [0, 0.1) is 0 Å². The number of allylic oxidation sites excluding steroid dienone is 1. The van der Waals surface area contributed by atoms with Crippen LogP contribution < -0.4 is 0 Å². The van der Waals surface area contributed by atoms with Crippen molar-refractivity contribution >= 4 is 5.97 Å². The van der Waals surface area contributed by atoms with E-state index in [1.807, 2.05) is 6.08 Å². The van der Waals surface area contributed by atoms with E-state index in [-0.39, 0.29) is 6.42 Å². The molecule has 1 fully saturated rings. The van der Waals surface area contributed by atoms with Crippen molar-refractivity contribution in [2.75, 3.05) is 0 Å². The van der Waals surface area contributed by atoms with Gasteiger partial charge in [0.25, 0.3) is 0 Å². The normalized spacial score (nSPS) is 25.9. The molecule has 0 saturated carbocycles. The lowest BCUT2D eigenvalue weighted by atomic mass is 10.0. The molecule has 1 aliphatic heterocycles. The third-order valence-electron chi connectivity index (χ3n) is 4.55. The molecule has 0 aromatic rings. The maximum atomic E-state index is 10.5. The van der Waals surface area contributed by atoms with Crippen LogP contribution >= 0.6 is 0 Å². The SMILES string of the molecule is CCCCC/C=C\C[C@H](O)[C@@H]1C[C@@H](O)[C@@H](/C=C/[C@H](O)CCCC(=O)O)O1. The first-order valence-electron chi connectivity index (χ1n) is 9.68. The van der Waals surface area contributed by atoms with Crippen LogP contribution in [0.3, 0.4) is 0 Å². The fourth-order valence-corrected chi connectivity index (χ4v) is 2.96. The molecule has 0 bridgehead atoms. The molecule has 0 aromatic heterocycles. The van der Waals surface area contributed by atoms with Gasteiger partial charge in [0, 0.05) is 12.8 Å². The van der Waals surface area contributed by atoms with E-state index in [4.69, 9.17) is 9.84 Å². The van der Waals surface area contributed by atoms with E-state index in [1.54, 1.807) is 6.08 Å². The first-order chi connectivity index (χ1) is 12.4. The number of rotatable bonds is 13. The van der Waals surface area contributed by atoms with Crippen molar-refractivity contribution in [3.8, 4) is 0 Å². The summed E-state index contributed by atoms with van der Waals surface area (Å²) in [7, 11) is 0. The van der Waals surface area contributed by atoms with Crippen LogP contribution in [0.15, 0.2) is 24.3 Å². The van der Waals surface area contributed by atoms with Crippen molar-refractivity contribution in [3.63, 3.8) is 0 Å². The predicted octanol–water partition coefficient (Wildman–Crippen LogP) is 2.56. The molecule has 1 aliphatic rings. The number of ether oxygens (including phenoxy) is 1. The molecule has 1 rings (SSSR count). The first kappa shape index (κ1) is 22.8. The molecule has 5 atom stereocenters. The Morgan fingerprint density at radius 2 is 2.00 bits per heavy atom. The Balaban J connectivity index is 2.32. The highest BCUT2D eigenvalue weighted by Crippen LogP contribution is 2.25. The van der Waals surface area contributed by atoms with Crippen molar-refractivity contribution in [1.82, 2.24) is 0 Å². The predicted molar refractivity (Wildman–Crippen MR) is 99.8 cm³/mol. The van der Waals surface area contributed by atoms with Gasteiger partial charge in [0.15, 0.2) is 0 Å². The van der Waals surface area contributed by atoms with E-state index in [1.165, 1.54) is 18.9 Å². The summed E-state index contributed by atoms with van der Waals surface area (Å²) in [5, 5.41) is 38.7. The number of carboxylic acid groups (broad SMARTS) is 1. The molecule has 4 N–H and O–H groups in total. The molecule has 26 heavy (non-hydrogen) atoms. The third-order valence-corrected chi connectivity index (χ3v) is 4.55. The van der Waals surface area contributed by atoms with Crippen molar-refractivity contribution < 1.29 is 30.0 Å². The van der Waals surface area contributed by atoms with Gasteiger partial charge in [-0.1, -0.05) is 44.1 Å². The van der Waals surface area contributed by atoms with E-state index in [0.717, 1.165) is 12.8 Å². The van der Waals surface area contributed by atoms with E-state index in [9.17, 15) is 20.1 Å². The van der Waals surface area contributed by atoms with Crippen LogP contribution in [-0.4, -0.2) is 56.9 Å². The van der Waals surface area contributed by atoms with Gasteiger partial charge in [-0.05, 0) is 32.1 Å². The molecule has 6 heteroatoms. The molecule has 0 amide bonds. The summed E-state index contributed by atoms with van der Waals surface area (Å²) < 4.78 is 5.70. The maximum Gasteiger partial charge on any atom is 0.303 e. The lowest BCUT2D eigenvalue weighted by molar-refractivity contribution is -0.137. The highest BCUT2D eigenvalue weighted by atomic mass is 16.5. The number of aliphatic carboxylic acids is 1. The van der Waals surface area contributed by atoms with Gasteiger partial charge in [-0.25, -0.2) is 0 Å². The largest absolute Gasteiger partial charge is 0.481 e. The van der Waals surface area contributed by atoms with Gasteiger partial charge in [0.1, 0.15) is 6.10 Å². The molecule has 1 saturated heterocycles. The van der Waals surface area contributed by atoms with Crippen molar-refractivity contribution in [2.45, 2.75) is 95.2 Å². The highest BCUT2D eigenvalue weighted by molar-refractivity contribution is 5.66. The van der Waals surface area contributed by atoms with Crippen LogP contribution in [0.2, 0.25) is 0 Å². The molecule has 0 radical (unpaired) electrons. The molecular formula is C20H34O6. The van der Waals surface area contributed by atoms with Gasteiger partial charge in [-0.2, -0.15) is 0 Å². The van der Waals surface area contributed by atoms with Gasteiger partial charge in [0.05, 0.1) is 24.4 Å². The Morgan fingerprint density at radius 1 is 1.23 bits per heavy atom. The fraction of sp³-hybridized carbons (Fsp3) is 0.750. The molecule has 0 spiro atoms. The molecule has 0 unspecified atom stereocenters. The second-order valence-electron chi connectivity index (χ2n) is 6.95. The van der Waals surface area contributed by atoms with Crippen LogP contribution in [0.4, 0.5) is 0 Å². The number of carboxylic acids is 1. The van der Waals surface area contributed by atoms with E-state index in [0.29, 0.717) is 25.7 Å². The summed E-state index contributed by atoms with van der Waals surface area (Å²) in [4.78, 5) is 10.5. The molecule has 150 valence electrons. The standard InChI is InChI=1S/C20H34O6/c1-2-3-4-5-6-7-10-16(22)19-14-17(23)18(26-19)13-12-15(21)9-8-11-20(24)25/h6-7,12-13,15-19,21-23H,2-5,8-11,14H2,1H3,(H,24,25)/b7-6-,13-12+/t15-,16+,17-,18-,19+/m1/s1. The molecule has 0 aromatic carbocycles. The Bertz CT molecular complexity index is 448. The smallest absolute Gasteiger partial charge is 0.303 e. The average Bonchev–Trinajstić information content (AvgIpc) is 2.96. The Morgan fingerprint density at radius 3 is 2.69 bits per heavy atom. The summed E-state index contributed by atoms with van der Waals surface area (Å²) in [6, 6.07) is 0. The molecule has 0 aliphatic carbocycles. The summed E-state index contributed by atoms with van der Waals surface area (Å²) in [6.45, 7) is 2.16. The van der Waals surface area contributed by atoms with Crippen LogP contribution in [0.25, 0.3) is 0 Å². The molecule has 6 nitrogen and oxygen atoms in total. The number of hydrogen-bond donors (Lipinski definition) is 4. The number of aliphatic hydroxyl groups excluding tert-OH is 3. The monoisotopic (exact) mass is 370 g/mol. The second-order valence-corrected chi connectivity index (χ2v) is 6.95.